The van der Waals surface area contributed by atoms with Crippen LogP contribution in [0.25, 0.3) is 10.2 Å². The second-order valence-electron chi connectivity index (χ2n) is 7.43. The number of halogens is 1. The summed E-state index contributed by atoms with van der Waals surface area (Å²) < 4.78 is 29.8. The second kappa shape index (κ2) is 12.7. The molecule has 34 heavy (non-hydrogen) atoms. The van der Waals surface area contributed by atoms with Gasteiger partial charge in [-0.3, -0.25) is 9.69 Å². The van der Waals surface area contributed by atoms with Gasteiger partial charge in [0.15, 0.2) is 15.0 Å². The molecular weight excluding hydrogens is 514 g/mol. The highest BCUT2D eigenvalue weighted by atomic mass is 35.5. The number of carbonyl (C=O) groups is 1. The van der Waals surface area contributed by atoms with Crippen molar-refractivity contribution in [3.05, 3.63) is 42.5 Å². The number of thiazole rings is 1. The molecule has 0 aliphatic carbocycles. The molecule has 1 heterocycles. The summed E-state index contributed by atoms with van der Waals surface area (Å²) in [5, 5.41) is 0.586. The Morgan fingerprint density at radius 3 is 2.35 bits per heavy atom. The summed E-state index contributed by atoms with van der Waals surface area (Å²) in [4.78, 5) is 23.1. The monoisotopic (exact) mass is 543 g/mol. The Labute approximate surface area is 215 Å². The van der Waals surface area contributed by atoms with Crippen LogP contribution in [0.1, 0.15) is 13.8 Å². The van der Waals surface area contributed by atoms with Crippen molar-refractivity contribution in [3.63, 3.8) is 0 Å². The molecule has 11 heteroatoms. The zero-order valence-corrected chi connectivity index (χ0v) is 23.0. The number of hydrogen-bond donors (Lipinski definition) is 0. The minimum Gasteiger partial charge on any atom is -0.497 e. The van der Waals surface area contributed by atoms with E-state index in [0.717, 1.165) is 35.0 Å². The molecule has 2 aromatic carbocycles. The topological polar surface area (TPSA) is 79.8 Å². The van der Waals surface area contributed by atoms with E-state index in [4.69, 9.17) is 4.74 Å². The van der Waals surface area contributed by atoms with Crippen molar-refractivity contribution in [3.8, 4) is 5.75 Å². The fourth-order valence-electron chi connectivity index (χ4n) is 3.24. The molecule has 0 radical (unpaired) electrons. The fourth-order valence-corrected chi connectivity index (χ4v) is 5.79. The molecule has 186 valence electrons. The molecule has 7 nitrogen and oxygen atoms in total. The Morgan fingerprint density at radius 1 is 1.09 bits per heavy atom. The first-order chi connectivity index (χ1) is 15.7. The highest BCUT2D eigenvalue weighted by Crippen LogP contribution is 2.31. The molecule has 0 atom stereocenters. The molecule has 0 N–H and O–H groups in total. The highest BCUT2D eigenvalue weighted by Gasteiger charge is 2.21. The Balaban J connectivity index is 0.00000408. The van der Waals surface area contributed by atoms with Crippen LogP contribution >= 0.6 is 35.5 Å². The zero-order valence-electron chi connectivity index (χ0n) is 19.7. The molecule has 0 fully saturated rings. The number of likely N-dealkylation sites (N-methyl/N-ethyl adjacent to an activating group) is 1. The van der Waals surface area contributed by atoms with Gasteiger partial charge in [-0.05, 0) is 55.6 Å². The van der Waals surface area contributed by atoms with Gasteiger partial charge in [0.1, 0.15) is 5.75 Å². The summed E-state index contributed by atoms with van der Waals surface area (Å²) in [6, 6.07) is 12.5. The van der Waals surface area contributed by atoms with E-state index in [9.17, 15) is 13.2 Å². The number of sulfone groups is 1. The Bertz CT molecular complexity index is 1200. The van der Waals surface area contributed by atoms with Crippen LogP contribution in [0.3, 0.4) is 0 Å². The molecule has 1 amide bonds. The summed E-state index contributed by atoms with van der Waals surface area (Å²) >= 11 is 2.81. The molecule has 0 spiro atoms. The molecule has 0 aliphatic heterocycles. The number of aromatic nitrogens is 1. The molecule has 0 unspecified atom stereocenters. The first-order valence-electron chi connectivity index (χ1n) is 10.6. The van der Waals surface area contributed by atoms with Crippen molar-refractivity contribution in [2.24, 2.45) is 0 Å². The zero-order chi connectivity index (χ0) is 24.0. The molecule has 0 saturated heterocycles. The van der Waals surface area contributed by atoms with Crippen LogP contribution in [0.15, 0.2) is 52.3 Å². The van der Waals surface area contributed by atoms with Crippen LogP contribution < -0.4 is 9.64 Å². The van der Waals surface area contributed by atoms with Crippen molar-refractivity contribution >= 4 is 66.6 Å². The largest absolute Gasteiger partial charge is 0.497 e. The lowest BCUT2D eigenvalue weighted by molar-refractivity contribution is -0.116. The number of ether oxygens (including phenoxy) is 1. The smallest absolute Gasteiger partial charge is 0.239 e. The normalized spacial score (nSPS) is 11.4. The number of fused-ring (bicyclic) bond motifs is 1. The molecule has 3 aromatic rings. The molecule has 0 saturated carbocycles. The molecule has 3 rings (SSSR count). The molecular formula is C23H30ClN3O4S3. The van der Waals surface area contributed by atoms with Crippen LogP contribution in [0.4, 0.5) is 5.13 Å². The molecule has 0 aliphatic rings. The minimum atomic E-state index is -3.31. The maximum Gasteiger partial charge on any atom is 0.239 e. The standard InChI is InChI=1S/C23H29N3O4S3.ClH/c1-5-25(6-2)13-14-26(22(27)16-31-18-9-7-17(30-3)8-10-18)23-24-20-12-11-19(33(4,28)29)15-21(20)32-23;/h7-12,15H,5-6,13-14,16H2,1-4H3;1H. The number of anilines is 1. The maximum atomic E-state index is 13.3. The fraction of sp³-hybridized carbons (Fsp3) is 0.391. The van der Waals surface area contributed by atoms with E-state index in [1.54, 1.807) is 30.2 Å². The lowest BCUT2D eigenvalue weighted by atomic mass is 10.3. The van der Waals surface area contributed by atoms with Gasteiger partial charge >= 0.3 is 0 Å². The summed E-state index contributed by atoms with van der Waals surface area (Å²) in [5.41, 5.74) is 0.686. The highest BCUT2D eigenvalue weighted by molar-refractivity contribution is 8.00. The van der Waals surface area contributed by atoms with Crippen LogP contribution in [-0.4, -0.2) is 69.5 Å². The number of benzene rings is 2. The number of rotatable bonds is 11. The van der Waals surface area contributed by atoms with Gasteiger partial charge in [-0.1, -0.05) is 25.2 Å². The van der Waals surface area contributed by atoms with Crippen molar-refractivity contribution in [2.75, 3.05) is 50.2 Å². The van der Waals surface area contributed by atoms with Gasteiger partial charge in [-0.25, -0.2) is 13.4 Å². The Morgan fingerprint density at radius 2 is 1.76 bits per heavy atom. The van der Waals surface area contributed by atoms with Crippen LogP contribution in [0.2, 0.25) is 0 Å². The Kier molecular flexibility index (Phi) is 10.6. The second-order valence-corrected chi connectivity index (χ2v) is 11.5. The average Bonchev–Trinajstić information content (AvgIpc) is 3.23. The number of nitrogens with zero attached hydrogens (tertiary/aromatic N) is 3. The SMILES string of the molecule is CCN(CC)CCN(C(=O)CSc1ccc(OC)cc1)c1nc2ccc(S(C)(=O)=O)cc2s1.Cl. The number of amides is 1. The predicted molar refractivity (Wildman–Crippen MR) is 144 cm³/mol. The van der Waals surface area contributed by atoms with E-state index in [0.29, 0.717) is 17.2 Å². The van der Waals surface area contributed by atoms with E-state index < -0.39 is 9.84 Å². The van der Waals surface area contributed by atoms with E-state index in [1.807, 2.05) is 24.3 Å². The number of carbonyl (C=O) groups excluding carboxylic acids is 1. The molecule has 0 bridgehead atoms. The summed E-state index contributed by atoms with van der Waals surface area (Å²) in [6.45, 7) is 7.24. The van der Waals surface area contributed by atoms with Gasteiger partial charge in [-0.2, -0.15) is 0 Å². The van der Waals surface area contributed by atoms with Gasteiger partial charge in [0.25, 0.3) is 0 Å². The van der Waals surface area contributed by atoms with E-state index in [2.05, 4.69) is 23.7 Å². The predicted octanol–water partition coefficient (Wildman–Crippen LogP) is 4.60. The van der Waals surface area contributed by atoms with E-state index in [-0.39, 0.29) is 29.0 Å². The van der Waals surface area contributed by atoms with Gasteiger partial charge in [0, 0.05) is 24.2 Å². The first kappa shape index (κ1) is 28.4. The summed E-state index contributed by atoms with van der Waals surface area (Å²) in [6.07, 6.45) is 1.19. The third-order valence-corrected chi connectivity index (χ3v) is 8.41. The van der Waals surface area contributed by atoms with Crippen molar-refractivity contribution in [1.29, 1.82) is 0 Å². The third-order valence-electron chi connectivity index (χ3n) is 5.26. The van der Waals surface area contributed by atoms with Gasteiger partial charge in [0.2, 0.25) is 5.91 Å². The maximum absolute atomic E-state index is 13.3. The van der Waals surface area contributed by atoms with Crippen LogP contribution in [0, 0.1) is 0 Å². The van der Waals surface area contributed by atoms with Gasteiger partial charge in [0.05, 0.1) is 28.0 Å². The third kappa shape index (κ3) is 7.32. The van der Waals surface area contributed by atoms with Crippen molar-refractivity contribution in [2.45, 2.75) is 23.6 Å². The number of hydrogen-bond acceptors (Lipinski definition) is 8. The number of methoxy groups -OCH3 is 1. The Hall–Kier alpha value is -1.85. The first-order valence-corrected chi connectivity index (χ1v) is 14.3. The van der Waals surface area contributed by atoms with Crippen molar-refractivity contribution < 1.29 is 17.9 Å². The quantitative estimate of drug-likeness (QED) is 0.327. The van der Waals surface area contributed by atoms with Crippen LogP contribution in [-0.2, 0) is 14.6 Å². The van der Waals surface area contributed by atoms with Crippen molar-refractivity contribution in [1.82, 2.24) is 9.88 Å². The van der Waals surface area contributed by atoms with E-state index in [1.165, 1.54) is 29.4 Å². The number of thioether (sulfide) groups is 1. The lowest BCUT2D eigenvalue weighted by Crippen LogP contribution is -2.39. The molecule has 1 aromatic heterocycles. The van der Waals surface area contributed by atoms with E-state index >= 15 is 0 Å². The lowest BCUT2D eigenvalue weighted by Gasteiger charge is -2.24. The minimum absolute atomic E-state index is 0. The summed E-state index contributed by atoms with van der Waals surface area (Å²) in [7, 11) is -1.69. The van der Waals surface area contributed by atoms with Gasteiger partial charge in [-0.15, -0.1) is 24.2 Å². The summed E-state index contributed by atoms with van der Waals surface area (Å²) in [5.74, 6) is 1.01. The average molecular weight is 544 g/mol. The van der Waals surface area contributed by atoms with Crippen LogP contribution in [0.5, 0.6) is 5.75 Å². The van der Waals surface area contributed by atoms with Gasteiger partial charge < -0.3 is 9.64 Å².